The molecule has 1 saturated heterocycles. The SMILES string of the molecule is CCOC(=O)C1=C(CN2CCN(C(=O)c3ccc(Cl)cc3)C(C)C2)N(C)C(=O)NC1c1ccccc1Cl. The molecule has 0 radical (unpaired) electrons. The average Bonchev–Trinajstić information content (AvgIpc) is 2.87. The number of carbonyl (C=O) groups excluding carboxylic acids is 3. The Labute approximate surface area is 226 Å². The number of urea groups is 1. The Bertz CT molecular complexity index is 1220. The molecule has 2 atom stereocenters. The lowest BCUT2D eigenvalue weighted by molar-refractivity contribution is -0.139. The van der Waals surface area contributed by atoms with Crippen molar-refractivity contribution in [1.29, 1.82) is 0 Å². The molecule has 2 unspecified atom stereocenters. The van der Waals surface area contributed by atoms with Gasteiger partial charge >= 0.3 is 12.0 Å². The lowest BCUT2D eigenvalue weighted by atomic mass is 9.94. The Morgan fingerprint density at radius 2 is 1.78 bits per heavy atom. The molecule has 10 heteroatoms. The van der Waals surface area contributed by atoms with Crippen molar-refractivity contribution in [3.05, 3.63) is 81.0 Å². The Kier molecular flexibility index (Phi) is 8.42. The second kappa shape index (κ2) is 11.5. The molecule has 2 heterocycles. The highest BCUT2D eigenvalue weighted by Gasteiger charge is 2.39. The minimum atomic E-state index is -0.739. The van der Waals surface area contributed by atoms with Crippen molar-refractivity contribution < 1.29 is 19.1 Å². The third-order valence-electron chi connectivity index (χ3n) is 6.73. The topological polar surface area (TPSA) is 82.2 Å². The van der Waals surface area contributed by atoms with E-state index < -0.39 is 12.0 Å². The van der Waals surface area contributed by atoms with Crippen LogP contribution in [0.25, 0.3) is 0 Å². The minimum Gasteiger partial charge on any atom is -0.463 e. The summed E-state index contributed by atoms with van der Waals surface area (Å²) in [6, 6.07) is 12.8. The summed E-state index contributed by atoms with van der Waals surface area (Å²) in [6.07, 6.45) is 0. The number of hydrogen-bond acceptors (Lipinski definition) is 5. The first-order valence-corrected chi connectivity index (χ1v) is 12.9. The largest absolute Gasteiger partial charge is 0.463 e. The molecule has 2 aromatic carbocycles. The predicted molar refractivity (Wildman–Crippen MR) is 143 cm³/mol. The van der Waals surface area contributed by atoms with Gasteiger partial charge < -0.3 is 15.0 Å². The maximum absolute atomic E-state index is 13.2. The van der Waals surface area contributed by atoms with Crippen LogP contribution in [-0.2, 0) is 9.53 Å². The summed E-state index contributed by atoms with van der Waals surface area (Å²) >= 11 is 12.4. The highest BCUT2D eigenvalue weighted by atomic mass is 35.5. The van der Waals surface area contributed by atoms with E-state index in [9.17, 15) is 14.4 Å². The smallest absolute Gasteiger partial charge is 0.338 e. The average molecular weight is 545 g/mol. The quantitative estimate of drug-likeness (QED) is 0.546. The molecule has 2 aliphatic rings. The van der Waals surface area contributed by atoms with Gasteiger partial charge in [-0.15, -0.1) is 0 Å². The Hall–Kier alpha value is -3.07. The molecule has 37 heavy (non-hydrogen) atoms. The Morgan fingerprint density at radius 3 is 2.43 bits per heavy atom. The number of nitrogens with zero attached hydrogens (tertiary/aromatic N) is 3. The molecule has 2 aliphatic heterocycles. The van der Waals surface area contributed by atoms with Crippen LogP contribution >= 0.6 is 23.2 Å². The van der Waals surface area contributed by atoms with Crippen molar-refractivity contribution in [1.82, 2.24) is 20.0 Å². The summed E-state index contributed by atoms with van der Waals surface area (Å²) in [5.41, 5.74) is 2.11. The van der Waals surface area contributed by atoms with E-state index in [1.807, 2.05) is 17.9 Å². The van der Waals surface area contributed by atoms with Gasteiger partial charge in [-0.3, -0.25) is 14.6 Å². The van der Waals surface area contributed by atoms with Crippen LogP contribution in [0, 0.1) is 0 Å². The van der Waals surface area contributed by atoms with Crippen molar-refractivity contribution in [2.45, 2.75) is 25.9 Å². The second-order valence-electron chi connectivity index (χ2n) is 9.13. The van der Waals surface area contributed by atoms with Gasteiger partial charge in [-0.05, 0) is 49.7 Å². The first kappa shape index (κ1) is 27.0. The number of carbonyl (C=O) groups is 3. The zero-order valence-corrected chi connectivity index (χ0v) is 22.6. The highest BCUT2D eigenvalue weighted by Crippen LogP contribution is 2.35. The zero-order chi connectivity index (χ0) is 26.7. The molecule has 196 valence electrons. The maximum Gasteiger partial charge on any atom is 0.338 e. The Morgan fingerprint density at radius 1 is 1.08 bits per heavy atom. The van der Waals surface area contributed by atoms with E-state index in [0.717, 1.165) is 0 Å². The van der Waals surface area contributed by atoms with Crippen LogP contribution in [0.2, 0.25) is 10.0 Å². The molecular formula is C27H30Cl2N4O4. The van der Waals surface area contributed by atoms with E-state index in [1.165, 1.54) is 4.90 Å². The van der Waals surface area contributed by atoms with Gasteiger partial charge in [0.05, 0.1) is 18.2 Å². The number of benzene rings is 2. The molecular weight excluding hydrogens is 515 g/mol. The van der Waals surface area contributed by atoms with E-state index >= 15 is 0 Å². The standard InChI is InChI=1S/C27H30Cl2N4O4/c1-4-37-26(35)23-22(31(3)27(36)30-24(23)20-7-5-6-8-21(20)29)16-32-13-14-33(17(2)15-32)25(34)18-9-11-19(28)12-10-18/h5-12,17,24H,4,13-16H2,1-3H3,(H,30,36). The molecule has 0 aliphatic carbocycles. The first-order chi connectivity index (χ1) is 17.7. The molecule has 0 spiro atoms. The molecule has 0 saturated carbocycles. The van der Waals surface area contributed by atoms with E-state index in [2.05, 4.69) is 10.2 Å². The number of nitrogens with one attached hydrogen (secondary N) is 1. The predicted octanol–water partition coefficient (Wildman–Crippen LogP) is 4.35. The summed E-state index contributed by atoms with van der Waals surface area (Å²) in [6.45, 7) is 5.93. The summed E-state index contributed by atoms with van der Waals surface area (Å²) in [4.78, 5) is 44.7. The number of hydrogen-bond donors (Lipinski definition) is 1. The van der Waals surface area contributed by atoms with Crippen LogP contribution in [0.1, 0.15) is 35.8 Å². The lowest BCUT2D eigenvalue weighted by Crippen LogP contribution is -2.56. The fourth-order valence-electron chi connectivity index (χ4n) is 4.79. The summed E-state index contributed by atoms with van der Waals surface area (Å²) in [5.74, 6) is -0.554. The van der Waals surface area contributed by atoms with Crippen LogP contribution < -0.4 is 5.32 Å². The van der Waals surface area contributed by atoms with E-state index in [0.29, 0.717) is 58.6 Å². The molecule has 0 aromatic heterocycles. The monoisotopic (exact) mass is 544 g/mol. The fraction of sp³-hybridized carbons (Fsp3) is 0.370. The number of ether oxygens (including phenoxy) is 1. The molecule has 0 bridgehead atoms. The number of likely N-dealkylation sites (N-methyl/N-ethyl adjacent to an activating group) is 1. The van der Waals surface area contributed by atoms with Crippen LogP contribution in [0.15, 0.2) is 59.8 Å². The highest BCUT2D eigenvalue weighted by molar-refractivity contribution is 6.31. The third kappa shape index (κ3) is 5.76. The Balaban J connectivity index is 1.60. The number of piperazine rings is 1. The van der Waals surface area contributed by atoms with Gasteiger partial charge in [-0.25, -0.2) is 9.59 Å². The van der Waals surface area contributed by atoms with Gasteiger partial charge in [-0.2, -0.15) is 0 Å². The van der Waals surface area contributed by atoms with E-state index in [1.54, 1.807) is 56.4 Å². The van der Waals surface area contributed by atoms with Crippen molar-refractivity contribution in [2.75, 3.05) is 39.8 Å². The van der Waals surface area contributed by atoms with Gasteiger partial charge in [-0.1, -0.05) is 41.4 Å². The minimum absolute atomic E-state index is 0.0526. The molecule has 8 nitrogen and oxygen atoms in total. The molecule has 1 fully saturated rings. The summed E-state index contributed by atoms with van der Waals surface area (Å²) in [7, 11) is 1.64. The van der Waals surface area contributed by atoms with Crippen LogP contribution in [-0.4, -0.2) is 78.5 Å². The summed E-state index contributed by atoms with van der Waals surface area (Å²) in [5, 5.41) is 3.92. The number of amides is 3. The van der Waals surface area contributed by atoms with Gasteiger partial charge in [0.2, 0.25) is 0 Å². The van der Waals surface area contributed by atoms with Crippen LogP contribution in [0.5, 0.6) is 0 Å². The normalized spacial score (nSPS) is 20.6. The van der Waals surface area contributed by atoms with Gasteiger partial charge in [0, 0.05) is 60.6 Å². The zero-order valence-electron chi connectivity index (χ0n) is 21.0. The van der Waals surface area contributed by atoms with Crippen molar-refractivity contribution in [2.24, 2.45) is 0 Å². The molecule has 3 amide bonds. The fourth-order valence-corrected chi connectivity index (χ4v) is 5.16. The van der Waals surface area contributed by atoms with Gasteiger partial charge in [0.25, 0.3) is 5.91 Å². The lowest BCUT2D eigenvalue weighted by Gasteiger charge is -2.42. The molecule has 2 aromatic rings. The van der Waals surface area contributed by atoms with Crippen LogP contribution in [0.3, 0.4) is 0 Å². The second-order valence-corrected chi connectivity index (χ2v) is 9.98. The molecule has 1 N–H and O–H groups in total. The van der Waals surface area contributed by atoms with Crippen molar-refractivity contribution in [3.8, 4) is 0 Å². The number of rotatable bonds is 6. The van der Waals surface area contributed by atoms with Crippen molar-refractivity contribution >= 4 is 41.1 Å². The van der Waals surface area contributed by atoms with Crippen LogP contribution in [0.4, 0.5) is 4.79 Å². The number of halogens is 2. The molecule has 4 rings (SSSR count). The van der Waals surface area contributed by atoms with Gasteiger partial charge in [0.1, 0.15) is 0 Å². The van der Waals surface area contributed by atoms with Crippen molar-refractivity contribution in [3.63, 3.8) is 0 Å². The third-order valence-corrected chi connectivity index (χ3v) is 7.32. The van der Waals surface area contributed by atoms with E-state index in [-0.39, 0.29) is 24.6 Å². The van der Waals surface area contributed by atoms with Gasteiger partial charge in [0.15, 0.2) is 0 Å². The first-order valence-electron chi connectivity index (χ1n) is 12.2. The maximum atomic E-state index is 13.2. The summed E-state index contributed by atoms with van der Waals surface area (Å²) < 4.78 is 5.40. The van der Waals surface area contributed by atoms with E-state index in [4.69, 9.17) is 27.9 Å². The number of esters is 1.